The molecule has 0 unspecified atom stereocenters. The predicted octanol–water partition coefficient (Wildman–Crippen LogP) is 5.25. The van der Waals surface area contributed by atoms with E-state index in [9.17, 15) is 9.59 Å². The maximum absolute atomic E-state index is 13.2. The second-order valence-electron chi connectivity index (χ2n) is 10.2. The van der Waals surface area contributed by atoms with Crippen molar-refractivity contribution in [3.8, 4) is 5.69 Å². The van der Waals surface area contributed by atoms with Crippen LogP contribution in [0.3, 0.4) is 0 Å². The average molecular weight is 459 g/mol. The van der Waals surface area contributed by atoms with E-state index in [1.807, 2.05) is 67.6 Å². The Morgan fingerprint density at radius 3 is 2.35 bits per heavy atom. The van der Waals surface area contributed by atoms with Gasteiger partial charge in [-0.1, -0.05) is 75.7 Å². The Morgan fingerprint density at radius 1 is 1.06 bits per heavy atom. The van der Waals surface area contributed by atoms with E-state index in [2.05, 4.69) is 26.1 Å². The van der Waals surface area contributed by atoms with Crippen LogP contribution in [0.5, 0.6) is 0 Å². The molecule has 0 aliphatic heterocycles. The minimum atomic E-state index is -0.223. The van der Waals surface area contributed by atoms with Gasteiger partial charge in [0, 0.05) is 23.9 Å². The Bertz CT molecular complexity index is 1160. The first-order valence-corrected chi connectivity index (χ1v) is 12.0. The van der Waals surface area contributed by atoms with Crippen LogP contribution in [-0.4, -0.2) is 33.0 Å². The van der Waals surface area contributed by atoms with Crippen molar-refractivity contribution in [3.63, 3.8) is 0 Å². The largest absolute Gasteiger partial charge is 0.329 e. The summed E-state index contributed by atoms with van der Waals surface area (Å²) >= 11 is 0. The van der Waals surface area contributed by atoms with Crippen LogP contribution >= 0.6 is 0 Å². The van der Waals surface area contributed by atoms with E-state index in [0.717, 1.165) is 41.8 Å². The van der Waals surface area contributed by atoms with Crippen molar-refractivity contribution in [2.75, 3.05) is 11.9 Å². The van der Waals surface area contributed by atoms with Crippen molar-refractivity contribution >= 4 is 17.6 Å². The molecule has 6 nitrogen and oxygen atoms in total. The molecule has 3 aromatic rings. The first-order chi connectivity index (χ1) is 16.2. The molecule has 1 N–H and O–H groups in total. The number of hydrogen-bond acceptors (Lipinski definition) is 3. The van der Waals surface area contributed by atoms with Crippen LogP contribution in [0.15, 0.2) is 60.7 Å². The third-order valence-corrected chi connectivity index (χ3v) is 6.41. The molecule has 34 heavy (non-hydrogen) atoms. The summed E-state index contributed by atoms with van der Waals surface area (Å²) < 4.78 is 1.79. The molecular formula is C28H34N4O2. The normalized spacial score (nSPS) is 13.9. The first-order valence-electron chi connectivity index (χ1n) is 12.0. The van der Waals surface area contributed by atoms with Gasteiger partial charge in [-0.2, -0.15) is 5.10 Å². The van der Waals surface area contributed by atoms with E-state index in [4.69, 9.17) is 5.10 Å². The second kappa shape index (κ2) is 9.84. The van der Waals surface area contributed by atoms with Gasteiger partial charge in [-0.15, -0.1) is 0 Å². The van der Waals surface area contributed by atoms with Crippen LogP contribution in [0, 0.1) is 12.8 Å². The molecule has 1 aromatic heterocycles. The Kier molecular flexibility index (Phi) is 6.87. The van der Waals surface area contributed by atoms with Crippen LogP contribution in [-0.2, 0) is 21.5 Å². The van der Waals surface area contributed by atoms with Crippen LogP contribution in [0.1, 0.15) is 56.9 Å². The smallest absolute Gasteiger partial charge is 0.245 e. The van der Waals surface area contributed by atoms with E-state index in [0.29, 0.717) is 12.4 Å². The number of carbonyl (C=O) groups is 2. The maximum Gasteiger partial charge on any atom is 0.245 e. The quantitative estimate of drug-likeness (QED) is 0.526. The lowest BCUT2D eigenvalue weighted by atomic mass is 9.84. The number of amides is 2. The van der Waals surface area contributed by atoms with Gasteiger partial charge in [0.2, 0.25) is 11.8 Å². The summed E-state index contributed by atoms with van der Waals surface area (Å²) in [4.78, 5) is 28.0. The van der Waals surface area contributed by atoms with Gasteiger partial charge >= 0.3 is 0 Å². The fourth-order valence-corrected chi connectivity index (χ4v) is 4.11. The standard InChI is InChI=1S/C28H34N4O2/c1-20-11-8-9-16-23(20)32-25(17-24(30-32)28(2,3)4)29-26(33)19-31(27(34)22-14-10-15-22)18-21-12-6-5-7-13-21/h5-9,11-13,16-17,22H,10,14-15,18-19H2,1-4H3,(H,29,33). The summed E-state index contributed by atoms with van der Waals surface area (Å²) in [7, 11) is 0. The lowest BCUT2D eigenvalue weighted by Crippen LogP contribution is -2.42. The predicted molar refractivity (Wildman–Crippen MR) is 135 cm³/mol. The van der Waals surface area contributed by atoms with E-state index in [1.165, 1.54) is 0 Å². The molecule has 178 valence electrons. The zero-order valence-corrected chi connectivity index (χ0v) is 20.5. The SMILES string of the molecule is Cc1ccccc1-n1nc(C(C)(C)C)cc1NC(=O)CN(Cc1ccccc1)C(=O)C1CCC1. The monoisotopic (exact) mass is 458 g/mol. The molecular weight excluding hydrogens is 424 g/mol. The topological polar surface area (TPSA) is 67.2 Å². The molecule has 0 bridgehead atoms. The Morgan fingerprint density at radius 2 is 1.74 bits per heavy atom. The van der Waals surface area contributed by atoms with Crippen molar-refractivity contribution in [3.05, 3.63) is 77.5 Å². The van der Waals surface area contributed by atoms with Gasteiger partial charge in [0.05, 0.1) is 11.4 Å². The van der Waals surface area contributed by atoms with Crippen LogP contribution in [0.4, 0.5) is 5.82 Å². The summed E-state index contributed by atoms with van der Waals surface area (Å²) in [5.41, 5.74) is 3.71. The minimum absolute atomic E-state index is 0.00797. The van der Waals surface area contributed by atoms with Crippen LogP contribution < -0.4 is 5.32 Å². The molecule has 2 amide bonds. The van der Waals surface area contributed by atoms with Crippen molar-refractivity contribution in [2.45, 2.75) is 58.9 Å². The number of rotatable bonds is 7. The number of aromatic nitrogens is 2. The third kappa shape index (κ3) is 5.38. The summed E-state index contributed by atoms with van der Waals surface area (Å²) in [6, 6.07) is 19.7. The van der Waals surface area contributed by atoms with Crippen molar-refractivity contribution in [1.82, 2.24) is 14.7 Å². The molecule has 0 saturated heterocycles. The van der Waals surface area contributed by atoms with Crippen molar-refractivity contribution in [1.29, 1.82) is 0 Å². The minimum Gasteiger partial charge on any atom is -0.329 e. The molecule has 1 heterocycles. The van der Waals surface area contributed by atoms with E-state index in [1.54, 1.807) is 9.58 Å². The number of nitrogens with one attached hydrogen (secondary N) is 1. The molecule has 1 aliphatic carbocycles. The lowest BCUT2D eigenvalue weighted by Gasteiger charge is -2.31. The number of carbonyl (C=O) groups excluding carboxylic acids is 2. The highest BCUT2D eigenvalue weighted by atomic mass is 16.2. The van der Waals surface area contributed by atoms with Gasteiger partial charge in [-0.05, 0) is 37.0 Å². The third-order valence-electron chi connectivity index (χ3n) is 6.41. The molecule has 0 radical (unpaired) electrons. The second-order valence-corrected chi connectivity index (χ2v) is 10.2. The number of hydrogen-bond donors (Lipinski definition) is 1. The molecule has 1 fully saturated rings. The number of nitrogens with zero attached hydrogens (tertiary/aromatic N) is 3. The number of para-hydroxylation sites is 1. The highest BCUT2D eigenvalue weighted by Gasteiger charge is 2.31. The summed E-state index contributed by atoms with van der Waals surface area (Å²) in [5.74, 6) is 0.480. The van der Waals surface area contributed by atoms with Crippen molar-refractivity contribution < 1.29 is 9.59 Å². The van der Waals surface area contributed by atoms with Crippen LogP contribution in [0.25, 0.3) is 5.69 Å². The zero-order chi connectivity index (χ0) is 24.3. The van der Waals surface area contributed by atoms with E-state index in [-0.39, 0.29) is 29.7 Å². The molecule has 0 atom stereocenters. The van der Waals surface area contributed by atoms with Gasteiger partial charge in [0.15, 0.2) is 0 Å². The number of anilines is 1. The number of aryl methyl sites for hydroxylation is 1. The Balaban J connectivity index is 1.58. The summed E-state index contributed by atoms with van der Waals surface area (Å²) in [5, 5.41) is 7.86. The van der Waals surface area contributed by atoms with Gasteiger partial charge in [-0.3, -0.25) is 9.59 Å². The Labute approximate surface area is 202 Å². The zero-order valence-electron chi connectivity index (χ0n) is 20.5. The fraction of sp³-hybridized carbons (Fsp3) is 0.393. The fourth-order valence-electron chi connectivity index (χ4n) is 4.11. The summed E-state index contributed by atoms with van der Waals surface area (Å²) in [6.45, 7) is 8.76. The lowest BCUT2D eigenvalue weighted by molar-refractivity contribution is -0.141. The molecule has 2 aromatic carbocycles. The first kappa shape index (κ1) is 23.7. The highest BCUT2D eigenvalue weighted by Crippen LogP contribution is 2.30. The van der Waals surface area contributed by atoms with E-state index >= 15 is 0 Å². The maximum atomic E-state index is 13.2. The molecule has 0 spiro atoms. The van der Waals surface area contributed by atoms with E-state index < -0.39 is 0 Å². The summed E-state index contributed by atoms with van der Waals surface area (Å²) in [6.07, 6.45) is 2.88. The van der Waals surface area contributed by atoms with Gasteiger partial charge in [0.1, 0.15) is 12.4 Å². The molecule has 4 rings (SSSR count). The molecule has 1 aliphatic rings. The highest BCUT2D eigenvalue weighted by molar-refractivity contribution is 5.94. The van der Waals surface area contributed by atoms with Gasteiger partial charge in [0.25, 0.3) is 0 Å². The van der Waals surface area contributed by atoms with Gasteiger partial charge < -0.3 is 10.2 Å². The Hall–Kier alpha value is -3.41. The molecule has 1 saturated carbocycles. The molecule has 6 heteroatoms. The van der Waals surface area contributed by atoms with Gasteiger partial charge in [-0.25, -0.2) is 4.68 Å². The van der Waals surface area contributed by atoms with Crippen molar-refractivity contribution in [2.24, 2.45) is 5.92 Å². The number of benzene rings is 2. The average Bonchev–Trinajstić information content (AvgIpc) is 3.17. The van der Waals surface area contributed by atoms with Crippen LogP contribution in [0.2, 0.25) is 0 Å².